The van der Waals surface area contributed by atoms with Crippen molar-refractivity contribution in [2.75, 3.05) is 5.73 Å². The van der Waals surface area contributed by atoms with Gasteiger partial charge >= 0.3 is 0 Å². The highest BCUT2D eigenvalue weighted by Gasteiger charge is 2.14. The number of hydrogen-bond donors (Lipinski definition) is 1. The summed E-state index contributed by atoms with van der Waals surface area (Å²) in [7, 11) is 1.29. The molecule has 0 atom stereocenters. The third-order valence-electron chi connectivity index (χ3n) is 2.97. The highest BCUT2D eigenvalue weighted by Crippen LogP contribution is 2.23. The van der Waals surface area contributed by atoms with Gasteiger partial charge in [0, 0.05) is 27.5 Å². The van der Waals surface area contributed by atoms with Crippen molar-refractivity contribution < 1.29 is 18.0 Å². The molecule has 25 heavy (non-hydrogen) atoms. The van der Waals surface area contributed by atoms with Crippen LogP contribution in [0.3, 0.4) is 0 Å². The fourth-order valence-electron chi connectivity index (χ4n) is 1.74. The van der Waals surface area contributed by atoms with Crippen LogP contribution in [0.15, 0.2) is 41.3 Å². The van der Waals surface area contributed by atoms with Gasteiger partial charge in [-0.2, -0.15) is 0 Å². The van der Waals surface area contributed by atoms with Gasteiger partial charge in [0.25, 0.3) is 9.05 Å². The zero-order chi connectivity index (χ0) is 19.4. The normalized spacial score (nSPS) is 10.6. The Bertz CT molecular complexity index is 927. The van der Waals surface area contributed by atoms with Gasteiger partial charge < -0.3 is 5.73 Å². The minimum Gasteiger partial charge on any atom is -0.399 e. The lowest BCUT2D eigenvalue weighted by Gasteiger charge is -2.01. The quantitative estimate of drug-likeness (QED) is 0.443. The lowest BCUT2D eigenvalue weighted by molar-refractivity contribution is 0.100. The Morgan fingerprint density at radius 1 is 0.880 bits per heavy atom. The molecule has 0 unspecified atom stereocenters. The first-order valence-electron chi connectivity index (χ1n) is 6.74. The van der Waals surface area contributed by atoms with Crippen molar-refractivity contribution in [3.8, 4) is 0 Å². The van der Waals surface area contributed by atoms with Crippen molar-refractivity contribution in [1.29, 1.82) is 0 Å². The van der Waals surface area contributed by atoms with Crippen molar-refractivity contribution in [2.24, 2.45) is 0 Å². The Hall–Kier alpha value is -1.60. The first-order valence-corrected chi connectivity index (χ1v) is 9.81. The first-order chi connectivity index (χ1) is 11.4. The molecule has 0 aliphatic carbocycles. The van der Waals surface area contributed by atoms with Crippen LogP contribution in [0.25, 0.3) is 0 Å². The van der Waals surface area contributed by atoms with Crippen molar-refractivity contribution in [1.82, 2.24) is 0 Å². The molecule has 0 fully saturated rings. The molecule has 0 amide bonds. The standard InChI is InChI=1S/C8H6Cl2O3S.C8H8ClNO/c1-5(11)7-4-6(14(10,12)13)2-3-8(7)9;1-5(11)7-4-6(10)2-3-8(7)9/h2-4H,1H3;2-4H,10H2,1H3. The van der Waals surface area contributed by atoms with E-state index in [1.807, 2.05) is 0 Å². The van der Waals surface area contributed by atoms with Gasteiger partial charge in [0.1, 0.15) is 0 Å². The molecule has 0 heterocycles. The van der Waals surface area contributed by atoms with E-state index in [1.54, 1.807) is 18.2 Å². The van der Waals surface area contributed by atoms with Gasteiger partial charge in [-0.1, -0.05) is 23.2 Å². The van der Waals surface area contributed by atoms with Gasteiger partial charge in [0.05, 0.1) is 14.9 Å². The van der Waals surface area contributed by atoms with Crippen LogP contribution in [0, 0.1) is 0 Å². The summed E-state index contributed by atoms with van der Waals surface area (Å²) < 4.78 is 21.9. The molecular weight excluding hydrogens is 409 g/mol. The summed E-state index contributed by atoms with van der Waals surface area (Å²) >= 11 is 11.4. The van der Waals surface area contributed by atoms with Gasteiger partial charge in [0.2, 0.25) is 0 Å². The minimum atomic E-state index is -3.81. The second kappa shape index (κ2) is 8.67. The van der Waals surface area contributed by atoms with E-state index in [0.717, 1.165) is 6.07 Å². The molecular formula is C16H14Cl3NO4S. The lowest BCUT2D eigenvalue weighted by atomic mass is 10.1. The topological polar surface area (TPSA) is 94.3 Å². The van der Waals surface area contributed by atoms with Gasteiger partial charge in [0.15, 0.2) is 11.6 Å². The highest BCUT2D eigenvalue weighted by molar-refractivity contribution is 8.13. The number of anilines is 1. The summed E-state index contributed by atoms with van der Waals surface area (Å²) in [5.41, 5.74) is 6.63. The zero-order valence-electron chi connectivity index (χ0n) is 13.2. The smallest absolute Gasteiger partial charge is 0.261 e. The Balaban J connectivity index is 0.000000257. The van der Waals surface area contributed by atoms with Crippen LogP contribution >= 0.6 is 33.9 Å². The van der Waals surface area contributed by atoms with E-state index < -0.39 is 9.05 Å². The van der Waals surface area contributed by atoms with E-state index in [1.165, 1.54) is 26.0 Å². The van der Waals surface area contributed by atoms with Crippen molar-refractivity contribution in [3.05, 3.63) is 57.6 Å². The van der Waals surface area contributed by atoms with Gasteiger partial charge in [-0.3, -0.25) is 9.59 Å². The zero-order valence-corrected chi connectivity index (χ0v) is 16.3. The molecule has 0 aromatic heterocycles. The summed E-state index contributed by atoms with van der Waals surface area (Å²) in [6.45, 7) is 2.76. The van der Waals surface area contributed by atoms with E-state index in [2.05, 4.69) is 0 Å². The number of halogens is 3. The van der Waals surface area contributed by atoms with E-state index in [4.69, 9.17) is 39.6 Å². The summed E-state index contributed by atoms with van der Waals surface area (Å²) in [5, 5.41) is 0.660. The second-order valence-corrected chi connectivity index (χ2v) is 8.31. The van der Waals surface area contributed by atoms with Crippen molar-refractivity contribution >= 4 is 60.2 Å². The van der Waals surface area contributed by atoms with Crippen LogP contribution in [0.1, 0.15) is 34.6 Å². The van der Waals surface area contributed by atoms with Crippen molar-refractivity contribution in [3.63, 3.8) is 0 Å². The molecule has 2 aromatic carbocycles. The molecule has 2 aromatic rings. The van der Waals surface area contributed by atoms with Crippen LogP contribution in [0.2, 0.25) is 10.0 Å². The first kappa shape index (κ1) is 21.4. The van der Waals surface area contributed by atoms with Gasteiger partial charge in [-0.15, -0.1) is 0 Å². The molecule has 9 heteroatoms. The molecule has 2 rings (SSSR count). The number of nitrogen functional groups attached to an aromatic ring is 1. The molecule has 0 aliphatic rings. The molecule has 0 saturated heterocycles. The molecule has 0 saturated carbocycles. The SMILES string of the molecule is CC(=O)c1cc(N)ccc1Cl.CC(=O)c1cc(S(=O)(=O)Cl)ccc1Cl. The predicted octanol–water partition coefficient (Wildman–Crippen LogP) is 4.59. The minimum absolute atomic E-state index is 0.0673. The number of nitrogens with two attached hydrogens (primary N) is 1. The van der Waals surface area contributed by atoms with Crippen LogP contribution in [0.4, 0.5) is 5.69 Å². The fourth-order valence-corrected chi connectivity index (χ4v) is 3.02. The molecule has 0 aliphatic heterocycles. The third-order valence-corrected chi connectivity index (χ3v) is 4.98. The Kier molecular flexibility index (Phi) is 7.44. The molecule has 5 nitrogen and oxygen atoms in total. The number of rotatable bonds is 3. The molecule has 0 bridgehead atoms. The predicted molar refractivity (Wildman–Crippen MR) is 100 cm³/mol. The Morgan fingerprint density at radius 2 is 1.32 bits per heavy atom. The average molecular weight is 423 g/mol. The maximum absolute atomic E-state index is 11.0. The van der Waals surface area contributed by atoms with E-state index in [0.29, 0.717) is 16.3 Å². The van der Waals surface area contributed by atoms with Crippen LogP contribution < -0.4 is 5.73 Å². The van der Waals surface area contributed by atoms with Crippen molar-refractivity contribution in [2.45, 2.75) is 18.7 Å². The maximum Gasteiger partial charge on any atom is 0.261 e. The summed E-state index contributed by atoms with van der Waals surface area (Å²) in [5.74, 6) is -0.375. The molecule has 134 valence electrons. The molecule has 0 spiro atoms. The molecule has 0 radical (unpaired) electrons. The van der Waals surface area contributed by atoms with E-state index in [-0.39, 0.29) is 27.0 Å². The number of carbonyl (C=O) groups excluding carboxylic acids is 2. The van der Waals surface area contributed by atoms with Gasteiger partial charge in [-0.25, -0.2) is 8.42 Å². The monoisotopic (exact) mass is 421 g/mol. The fraction of sp³-hybridized carbons (Fsp3) is 0.125. The summed E-state index contributed by atoms with van der Waals surface area (Å²) in [6.07, 6.45) is 0. The number of hydrogen-bond acceptors (Lipinski definition) is 5. The summed E-state index contributed by atoms with van der Waals surface area (Å²) in [6, 6.07) is 8.59. The van der Waals surface area contributed by atoms with Gasteiger partial charge in [-0.05, 0) is 50.2 Å². The number of benzene rings is 2. The average Bonchev–Trinajstić information content (AvgIpc) is 2.49. The Labute approximate surface area is 160 Å². The Morgan fingerprint density at radius 3 is 1.72 bits per heavy atom. The number of carbonyl (C=O) groups is 2. The second-order valence-electron chi connectivity index (χ2n) is 4.93. The summed E-state index contributed by atoms with van der Waals surface area (Å²) in [4.78, 5) is 21.8. The number of ketones is 2. The maximum atomic E-state index is 11.0. The van der Waals surface area contributed by atoms with Crippen LogP contribution in [0.5, 0.6) is 0 Å². The third kappa shape index (κ3) is 6.32. The van der Waals surface area contributed by atoms with E-state index in [9.17, 15) is 18.0 Å². The van der Waals surface area contributed by atoms with Crippen LogP contribution in [-0.4, -0.2) is 20.0 Å². The van der Waals surface area contributed by atoms with E-state index >= 15 is 0 Å². The molecule has 2 N–H and O–H groups in total. The van der Waals surface area contributed by atoms with Crippen LogP contribution in [-0.2, 0) is 9.05 Å². The largest absolute Gasteiger partial charge is 0.399 e. The lowest BCUT2D eigenvalue weighted by Crippen LogP contribution is -1.97. The number of Topliss-reactive ketones (excluding diaryl/α,β-unsaturated/α-hetero) is 2. The highest BCUT2D eigenvalue weighted by atomic mass is 35.7.